The average molecular weight is 272 g/mol. The van der Waals surface area contributed by atoms with Crippen LogP contribution >= 0.6 is 23.1 Å². The molecule has 7 heteroatoms. The van der Waals surface area contributed by atoms with Crippen LogP contribution in [0.2, 0.25) is 0 Å². The lowest BCUT2D eigenvalue weighted by atomic mass is 10.1. The molecular weight excluding hydrogens is 256 g/mol. The van der Waals surface area contributed by atoms with Crippen molar-refractivity contribution in [2.75, 3.05) is 18.8 Å². The summed E-state index contributed by atoms with van der Waals surface area (Å²) in [5, 5.41) is 8.00. The van der Waals surface area contributed by atoms with Gasteiger partial charge in [-0.15, -0.1) is 10.2 Å². The van der Waals surface area contributed by atoms with Gasteiger partial charge in [-0.25, -0.2) is 0 Å². The fourth-order valence-corrected chi connectivity index (χ4v) is 3.71. The Bertz CT molecular complexity index is 389. The number of nitrogens with two attached hydrogens (primary N) is 1. The first-order chi connectivity index (χ1) is 8.16. The van der Waals surface area contributed by atoms with Crippen LogP contribution in [-0.4, -0.2) is 39.3 Å². The predicted molar refractivity (Wildman–Crippen MR) is 70.1 cm³/mol. The van der Waals surface area contributed by atoms with Gasteiger partial charge >= 0.3 is 0 Å². The van der Waals surface area contributed by atoms with Gasteiger partial charge in [-0.2, -0.15) is 0 Å². The van der Waals surface area contributed by atoms with Crippen molar-refractivity contribution in [1.82, 2.24) is 15.1 Å². The molecule has 0 aliphatic carbocycles. The van der Waals surface area contributed by atoms with Crippen LogP contribution in [0.4, 0.5) is 5.13 Å². The van der Waals surface area contributed by atoms with Crippen LogP contribution in [0, 0.1) is 0 Å². The zero-order valence-electron chi connectivity index (χ0n) is 9.76. The van der Waals surface area contributed by atoms with E-state index in [1.807, 2.05) is 11.8 Å². The molecule has 1 fully saturated rings. The van der Waals surface area contributed by atoms with Crippen molar-refractivity contribution in [1.29, 1.82) is 0 Å². The maximum absolute atomic E-state index is 12.1. The van der Waals surface area contributed by atoms with E-state index in [0.717, 1.165) is 30.3 Å². The van der Waals surface area contributed by atoms with Gasteiger partial charge in [0.15, 0.2) is 4.34 Å². The van der Waals surface area contributed by atoms with Crippen molar-refractivity contribution >= 4 is 34.1 Å². The number of hydrogen-bond donors (Lipinski definition) is 1. The van der Waals surface area contributed by atoms with Crippen LogP contribution in [0.5, 0.6) is 0 Å². The largest absolute Gasteiger partial charge is 0.374 e. The molecule has 0 saturated carbocycles. The van der Waals surface area contributed by atoms with E-state index in [1.165, 1.54) is 29.5 Å². The van der Waals surface area contributed by atoms with Crippen LogP contribution < -0.4 is 5.73 Å². The number of carbonyl (C=O) groups is 1. The number of amides is 1. The number of carbonyl (C=O) groups excluding carboxylic acids is 1. The van der Waals surface area contributed by atoms with E-state index in [1.54, 1.807) is 0 Å². The van der Waals surface area contributed by atoms with Crippen LogP contribution in [0.3, 0.4) is 0 Å². The van der Waals surface area contributed by atoms with E-state index in [-0.39, 0.29) is 11.2 Å². The molecule has 2 heterocycles. The summed E-state index contributed by atoms with van der Waals surface area (Å²) in [5.74, 6) is 0.198. The van der Waals surface area contributed by atoms with Crippen molar-refractivity contribution in [2.45, 2.75) is 35.8 Å². The molecule has 0 spiro atoms. The topological polar surface area (TPSA) is 72.1 Å². The first kappa shape index (κ1) is 12.6. The van der Waals surface area contributed by atoms with E-state index in [4.69, 9.17) is 5.73 Å². The monoisotopic (exact) mass is 272 g/mol. The second kappa shape index (κ2) is 5.68. The summed E-state index contributed by atoms with van der Waals surface area (Å²) in [5.41, 5.74) is 5.51. The Hall–Kier alpha value is -0.820. The highest BCUT2D eigenvalue weighted by atomic mass is 32.2. The van der Waals surface area contributed by atoms with E-state index >= 15 is 0 Å². The number of nitrogen functional groups attached to an aromatic ring is 1. The lowest BCUT2D eigenvalue weighted by Crippen LogP contribution is -2.40. The molecule has 2 N–H and O–H groups in total. The summed E-state index contributed by atoms with van der Waals surface area (Å²) in [4.78, 5) is 14.1. The van der Waals surface area contributed by atoms with Gasteiger partial charge in [-0.05, 0) is 26.2 Å². The Morgan fingerprint density at radius 2 is 2.12 bits per heavy atom. The number of rotatable bonds is 3. The average Bonchev–Trinajstić information content (AvgIpc) is 2.75. The third-order valence-corrected chi connectivity index (χ3v) is 4.64. The molecule has 94 valence electrons. The van der Waals surface area contributed by atoms with Gasteiger partial charge in [0, 0.05) is 13.1 Å². The smallest absolute Gasteiger partial charge is 0.235 e. The molecular formula is C10H16N4OS2. The number of piperidine rings is 1. The molecule has 17 heavy (non-hydrogen) atoms. The summed E-state index contributed by atoms with van der Waals surface area (Å²) in [6.45, 7) is 3.70. The van der Waals surface area contributed by atoms with E-state index < -0.39 is 0 Å². The third kappa shape index (κ3) is 3.32. The molecule has 1 aromatic rings. The van der Waals surface area contributed by atoms with Crippen molar-refractivity contribution < 1.29 is 4.79 Å². The molecule has 1 aromatic heterocycles. The normalized spacial score (nSPS) is 18.1. The van der Waals surface area contributed by atoms with Gasteiger partial charge < -0.3 is 10.6 Å². The van der Waals surface area contributed by atoms with E-state index in [9.17, 15) is 4.79 Å². The number of hydrogen-bond acceptors (Lipinski definition) is 6. The number of thioether (sulfide) groups is 1. The summed E-state index contributed by atoms with van der Waals surface area (Å²) in [6, 6.07) is 0. The van der Waals surface area contributed by atoms with Crippen LogP contribution in [0.15, 0.2) is 4.34 Å². The lowest BCUT2D eigenvalue weighted by molar-refractivity contribution is -0.131. The van der Waals surface area contributed by atoms with Crippen molar-refractivity contribution in [2.24, 2.45) is 0 Å². The maximum atomic E-state index is 12.1. The van der Waals surface area contributed by atoms with Crippen LogP contribution in [-0.2, 0) is 4.79 Å². The minimum atomic E-state index is -0.111. The Balaban J connectivity index is 1.90. The van der Waals surface area contributed by atoms with E-state index in [0.29, 0.717) is 5.13 Å². The second-order valence-corrected chi connectivity index (χ2v) is 6.65. The molecule has 0 aromatic carbocycles. The van der Waals surface area contributed by atoms with Crippen molar-refractivity contribution in [3.05, 3.63) is 0 Å². The predicted octanol–water partition coefficient (Wildman–Crippen LogP) is 1.61. The molecule has 5 nitrogen and oxygen atoms in total. The first-order valence-corrected chi connectivity index (χ1v) is 7.41. The fourth-order valence-electron chi connectivity index (χ4n) is 1.84. The Morgan fingerprint density at radius 1 is 1.41 bits per heavy atom. The number of aromatic nitrogens is 2. The molecule has 1 saturated heterocycles. The highest BCUT2D eigenvalue weighted by molar-refractivity contribution is 8.02. The molecule has 1 aliphatic rings. The Morgan fingerprint density at radius 3 is 2.71 bits per heavy atom. The quantitative estimate of drug-likeness (QED) is 0.846. The minimum Gasteiger partial charge on any atom is -0.374 e. The number of anilines is 1. The van der Waals surface area contributed by atoms with Crippen LogP contribution in [0.1, 0.15) is 26.2 Å². The zero-order valence-corrected chi connectivity index (χ0v) is 11.4. The highest BCUT2D eigenvalue weighted by Crippen LogP contribution is 2.28. The third-order valence-electron chi connectivity index (χ3n) is 2.72. The molecule has 1 unspecified atom stereocenters. The Kier molecular flexibility index (Phi) is 4.22. The van der Waals surface area contributed by atoms with Crippen molar-refractivity contribution in [3.8, 4) is 0 Å². The molecule has 0 radical (unpaired) electrons. The van der Waals surface area contributed by atoms with Gasteiger partial charge in [0.2, 0.25) is 11.0 Å². The molecule has 1 aliphatic heterocycles. The number of nitrogens with zero attached hydrogens (tertiary/aromatic N) is 3. The zero-order chi connectivity index (χ0) is 12.3. The summed E-state index contributed by atoms with van der Waals surface area (Å²) < 4.78 is 0.764. The second-order valence-electron chi connectivity index (χ2n) is 4.05. The van der Waals surface area contributed by atoms with Crippen LogP contribution in [0.25, 0.3) is 0 Å². The summed E-state index contributed by atoms with van der Waals surface area (Å²) in [7, 11) is 0. The summed E-state index contributed by atoms with van der Waals surface area (Å²) >= 11 is 2.77. The van der Waals surface area contributed by atoms with Gasteiger partial charge in [0.1, 0.15) is 0 Å². The van der Waals surface area contributed by atoms with Crippen molar-refractivity contribution in [3.63, 3.8) is 0 Å². The summed E-state index contributed by atoms with van der Waals surface area (Å²) in [6.07, 6.45) is 3.47. The molecule has 0 bridgehead atoms. The highest BCUT2D eigenvalue weighted by Gasteiger charge is 2.23. The minimum absolute atomic E-state index is 0.111. The van der Waals surface area contributed by atoms with E-state index in [2.05, 4.69) is 10.2 Å². The SMILES string of the molecule is CC(Sc1nnc(N)s1)C(=O)N1CCCCC1. The first-order valence-electron chi connectivity index (χ1n) is 5.71. The standard InChI is InChI=1S/C10H16N4OS2/c1-7(16-10-13-12-9(11)17-10)8(15)14-5-3-2-4-6-14/h7H,2-6H2,1H3,(H2,11,12). The molecule has 1 amide bonds. The Labute approximate surface area is 109 Å². The van der Waals surface area contributed by atoms with Gasteiger partial charge in [-0.1, -0.05) is 23.1 Å². The van der Waals surface area contributed by atoms with Gasteiger partial charge in [0.05, 0.1) is 5.25 Å². The maximum Gasteiger partial charge on any atom is 0.235 e. The fraction of sp³-hybridized carbons (Fsp3) is 0.700. The molecule has 1 atom stereocenters. The molecule has 2 rings (SSSR count). The lowest BCUT2D eigenvalue weighted by Gasteiger charge is -2.28. The van der Waals surface area contributed by atoms with Gasteiger partial charge in [0.25, 0.3) is 0 Å². The number of likely N-dealkylation sites (tertiary alicyclic amines) is 1. The van der Waals surface area contributed by atoms with Gasteiger partial charge in [-0.3, -0.25) is 4.79 Å².